The highest BCUT2D eigenvalue weighted by molar-refractivity contribution is 14.1. The lowest BCUT2D eigenvalue weighted by Gasteiger charge is -2.30. The first kappa shape index (κ1) is 21.3. The zero-order chi connectivity index (χ0) is 21.5. The summed E-state index contributed by atoms with van der Waals surface area (Å²) in [6.07, 6.45) is -0.483. The van der Waals surface area contributed by atoms with Crippen LogP contribution in [0.1, 0.15) is 18.4 Å². The molecule has 1 aromatic carbocycles. The Balaban J connectivity index is 1.77. The Kier molecular flexibility index (Phi) is 5.90. The lowest BCUT2D eigenvalue weighted by atomic mass is 10.1. The number of hydrogen-bond acceptors (Lipinski definition) is 6. The van der Waals surface area contributed by atoms with Gasteiger partial charge in [0.05, 0.1) is 31.2 Å². The lowest BCUT2D eigenvalue weighted by molar-refractivity contribution is -0.137. The fourth-order valence-corrected chi connectivity index (χ4v) is 4.06. The summed E-state index contributed by atoms with van der Waals surface area (Å²) < 4.78 is 40.5. The number of rotatable bonds is 3. The molecule has 0 aliphatic carbocycles. The number of piperidine rings is 1. The highest BCUT2D eigenvalue weighted by Gasteiger charge is 2.33. The van der Waals surface area contributed by atoms with Crippen molar-refractivity contribution in [2.75, 3.05) is 23.3 Å². The first-order valence-electron chi connectivity index (χ1n) is 9.10. The third kappa shape index (κ3) is 4.40. The van der Waals surface area contributed by atoms with Crippen LogP contribution in [-0.2, 0) is 6.18 Å². The van der Waals surface area contributed by atoms with Crippen LogP contribution in [0, 0.1) is 3.57 Å². The number of anilines is 3. The number of halogens is 5. The van der Waals surface area contributed by atoms with E-state index >= 15 is 0 Å². The van der Waals surface area contributed by atoms with Crippen LogP contribution in [0.15, 0.2) is 30.6 Å². The van der Waals surface area contributed by atoms with Crippen LogP contribution in [0.25, 0.3) is 10.9 Å². The molecule has 0 atom stereocenters. The van der Waals surface area contributed by atoms with Gasteiger partial charge in [0.15, 0.2) is 0 Å². The van der Waals surface area contributed by atoms with E-state index in [0.29, 0.717) is 48.6 Å². The van der Waals surface area contributed by atoms with Crippen molar-refractivity contribution in [3.05, 3.63) is 44.7 Å². The Hall–Kier alpha value is -1.92. The molecule has 3 heterocycles. The fraction of sp³-hybridized carbons (Fsp3) is 0.316. The summed E-state index contributed by atoms with van der Waals surface area (Å²) in [6, 6.07) is 3.61. The molecule has 6 nitrogen and oxygen atoms in total. The van der Waals surface area contributed by atoms with Crippen LogP contribution in [0.5, 0.6) is 0 Å². The van der Waals surface area contributed by atoms with Crippen molar-refractivity contribution in [2.45, 2.75) is 25.1 Å². The minimum absolute atomic E-state index is 0.200. The molecule has 0 radical (unpaired) electrons. The smallest absolute Gasteiger partial charge is 0.393 e. The van der Waals surface area contributed by atoms with Crippen LogP contribution >= 0.6 is 34.2 Å². The molecule has 0 spiro atoms. The van der Waals surface area contributed by atoms with Crippen molar-refractivity contribution in [3.63, 3.8) is 0 Å². The van der Waals surface area contributed by atoms with Crippen LogP contribution in [-0.4, -0.2) is 39.3 Å². The number of benzene rings is 1. The van der Waals surface area contributed by atoms with Gasteiger partial charge in [0.1, 0.15) is 5.82 Å². The quantitative estimate of drug-likeness (QED) is 0.448. The minimum atomic E-state index is -4.57. The number of hydrogen-bond donors (Lipinski definition) is 2. The van der Waals surface area contributed by atoms with E-state index in [1.165, 1.54) is 12.1 Å². The Labute approximate surface area is 188 Å². The second-order valence-corrected chi connectivity index (χ2v) is 8.49. The molecule has 2 aromatic heterocycles. The molecule has 1 saturated heterocycles. The molecule has 30 heavy (non-hydrogen) atoms. The highest BCUT2D eigenvalue weighted by atomic mass is 127. The maximum Gasteiger partial charge on any atom is 0.417 e. The number of pyridine rings is 1. The van der Waals surface area contributed by atoms with E-state index in [-0.39, 0.29) is 16.8 Å². The van der Waals surface area contributed by atoms with Gasteiger partial charge in [-0.05, 0) is 53.6 Å². The van der Waals surface area contributed by atoms with Gasteiger partial charge in [-0.3, -0.25) is 4.98 Å². The van der Waals surface area contributed by atoms with Crippen LogP contribution in [0.4, 0.5) is 30.6 Å². The van der Waals surface area contributed by atoms with Gasteiger partial charge in [0.25, 0.3) is 0 Å². The second-order valence-electron chi connectivity index (χ2n) is 6.93. The normalized spacial score (nSPS) is 15.6. The van der Waals surface area contributed by atoms with Crippen molar-refractivity contribution < 1.29 is 18.3 Å². The number of fused-ring (bicyclic) bond motifs is 1. The molecule has 2 N–H and O–H groups in total. The number of aliphatic hydroxyl groups is 1. The van der Waals surface area contributed by atoms with Crippen molar-refractivity contribution in [1.29, 1.82) is 0 Å². The lowest BCUT2D eigenvalue weighted by Crippen LogP contribution is -2.37. The Morgan fingerprint density at radius 3 is 2.60 bits per heavy atom. The van der Waals surface area contributed by atoms with Crippen LogP contribution < -0.4 is 10.2 Å². The maximum atomic E-state index is 13.2. The predicted octanol–water partition coefficient (Wildman–Crippen LogP) is 5.01. The first-order valence-corrected chi connectivity index (χ1v) is 10.6. The summed E-state index contributed by atoms with van der Waals surface area (Å²) >= 11 is 7.84. The number of aliphatic hydroxyl groups excluding tert-OH is 1. The van der Waals surface area contributed by atoms with Gasteiger partial charge in [-0.2, -0.15) is 18.2 Å². The summed E-state index contributed by atoms with van der Waals surface area (Å²) in [5.74, 6) is 0.800. The molecule has 1 aliphatic heterocycles. The van der Waals surface area contributed by atoms with Gasteiger partial charge >= 0.3 is 6.18 Å². The van der Waals surface area contributed by atoms with Crippen molar-refractivity contribution in [1.82, 2.24) is 15.0 Å². The largest absolute Gasteiger partial charge is 0.417 e. The molecule has 11 heteroatoms. The summed E-state index contributed by atoms with van der Waals surface area (Å²) in [5, 5.41) is 13.0. The molecule has 1 fully saturated rings. The Morgan fingerprint density at radius 2 is 1.90 bits per heavy atom. The molecule has 1 aliphatic rings. The number of nitrogens with zero attached hydrogens (tertiary/aromatic N) is 4. The number of alkyl halides is 3. The second kappa shape index (κ2) is 8.31. The minimum Gasteiger partial charge on any atom is -0.393 e. The monoisotopic (exact) mass is 549 g/mol. The van der Waals surface area contributed by atoms with E-state index in [1.54, 1.807) is 12.4 Å². The molecule has 0 amide bonds. The summed E-state index contributed by atoms with van der Waals surface area (Å²) in [4.78, 5) is 15.3. The van der Waals surface area contributed by atoms with Gasteiger partial charge in [-0.25, -0.2) is 4.98 Å². The zero-order valence-corrected chi connectivity index (χ0v) is 18.3. The van der Waals surface area contributed by atoms with Crippen molar-refractivity contribution in [3.8, 4) is 0 Å². The van der Waals surface area contributed by atoms with E-state index in [1.807, 2.05) is 4.90 Å². The fourth-order valence-electron chi connectivity index (χ4n) is 3.26. The van der Waals surface area contributed by atoms with Crippen molar-refractivity contribution in [2.24, 2.45) is 0 Å². The third-order valence-corrected chi connectivity index (χ3v) is 5.95. The van der Waals surface area contributed by atoms with Gasteiger partial charge in [0, 0.05) is 31.2 Å². The average Bonchev–Trinajstić information content (AvgIpc) is 2.70. The predicted molar refractivity (Wildman–Crippen MR) is 117 cm³/mol. The summed E-state index contributed by atoms with van der Waals surface area (Å²) in [5.41, 5.74) is -0.0784. The standard InChI is InChI=1S/C19H16ClF3IN5O/c20-14-2-1-10(7-13(14)19(21,22)23)26-17-12-8-25-9-15(24)16(12)27-18(28-17)29-5-3-11(30)4-6-29/h1-2,7-9,11,30H,3-6H2,(H,26,27,28). The number of nitrogens with one attached hydrogen (secondary N) is 1. The van der Waals surface area contributed by atoms with Gasteiger partial charge < -0.3 is 15.3 Å². The Morgan fingerprint density at radius 1 is 1.17 bits per heavy atom. The van der Waals surface area contributed by atoms with E-state index < -0.39 is 11.7 Å². The van der Waals surface area contributed by atoms with E-state index in [9.17, 15) is 18.3 Å². The molecule has 0 saturated carbocycles. The zero-order valence-electron chi connectivity index (χ0n) is 15.4. The van der Waals surface area contributed by atoms with Crippen molar-refractivity contribution >= 4 is 62.5 Å². The molecule has 4 rings (SSSR count). The van der Waals surface area contributed by atoms with Crippen LogP contribution in [0.2, 0.25) is 5.02 Å². The number of aromatic nitrogens is 3. The molecular formula is C19H16ClF3IN5O. The summed E-state index contributed by atoms with van der Waals surface area (Å²) in [6.45, 7) is 1.18. The molecule has 3 aromatic rings. The van der Waals surface area contributed by atoms with E-state index in [4.69, 9.17) is 11.6 Å². The molecule has 158 valence electrons. The summed E-state index contributed by atoms with van der Waals surface area (Å²) in [7, 11) is 0. The topological polar surface area (TPSA) is 74.2 Å². The third-order valence-electron chi connectivity index (χ3n) is 4.83. The average molecular weight is 550 g/mol. The Bertz CT molecular complexity index is 1090. The first-order chi connectivity index (χ1) is 14.2. The van der Waals surface area contributed by atoms with Gasteiger partial charge in [-0.1, -0.05) is 11.6 Å². The van der Waals surface area contributed by atoms with E-state index in [2.05, 4.69) is 42.9 Å². The maximum absolute atomic E-state index is 13.2. The van der Waals surface area contributed by atoms with E-state index in [0.717, 1.165) is 9.64 Å². The molecule has 0 bridgehead atoms. The SMILES string of the molecule is OC1CCN(c2nc(Nc3ccc(Cl)c(C(F)(F)F)c3)c3cncc(I)c3n2)CC1. The van der Waals surface area contributed by atoms with Gasteiger partial charge in [-0.15, -0.1) is 0 Å². The highest BCUT2D eigenvalue weighted by Crippen LogP contribution is 2.37. The molecular weight excluding hydrogens is 534 g/mol. The molecule has 0 unspecified atom stereocenters. The van der Waals surface area contributed by atoms with Gasteiger partial charge in [0.2, 0.25) is 5.95 Å². The van der Waals surface area contributed by atoms with Crippen LogP contribution in [0.3, 0.4) is 0 Å².